The maximum Gasteiger partial charge on any atom is 0.341 e. The van der Waals surface area contributed by atoms with Crippen molar-refractivity contribution in [3.63, 3.8) is 0 Å². The molecule has 0 aromatic rings. The molecule has 0 unspecified atom stereocenters. The van der Waals surface area contributed by atoms with Gasteiger partial charge in [-0.1, -0.05) is 6.92 Å². The SMILES string of the molecule is C[C@H](O)[C@@]1(O)C(=O)OC[C@@H]1C. The molecule has 1 saturated heterocycles. The van der Waals surface area contributed by atoms with E-state index in [0.29, 0.717) is 0 Å². The van der Waals surface area contributed by atoms with Crippen molar-refractivity contribution in [3.8, 4) is 0 Å². The molecule has 0 bridgehead atoms. The van der Waals surface area contributed by atoms with Gasteiger partial charge in [-0.3, -0.25) is 0 Å². The lowest BCUT2D eigenvalue weighted by Crippen LogP contribution is -2.49. The van der Waals surface area contributed by atoms with Crippen molar-refractivity contribution >= 4 is 5.97 Å². The Bertz CT molecular complexity index is 177. The highest BCUT2D eigenvalue weighted by Crippen LogP contribution is 2.29. The molecule has 1 fully saturated rings. The normalized spacial score (nSPS) is 40.4. The van der Waals surface area contributed by atoms with Crippen LogP contribution in [0.4, 0.5) is 0 Å². The molecule has 4 heteroatoms. The molecular weight excluding hydrogens is 148 g/mol. The summed E-state index contributed by atoms with van der Waals surface area (Å²) in [4.78, 5) is 10.9. The molecular formula is C7H12O4. The maximum atomic E-state index is 10.9. The third-order valence-electron chi connectivity index (χ3n) is 2.18. The first-order valence-electron chi connectivity index (χ1n) is 3.57. The van der Waals surface area contributed by atoms with E-state index >= 15 is 0 Å². The molecule has 1 rings (SSSR count). The number of hydrogen-bond acceptors (Lipinski definition) is 4. The lowest BCUT2D eigenvalue weighted by molar-refractivity contribution is -0.164. The Balaban J connectivity index is 2.89. The standard InChI is InChI=1S/C7H12O4/c1-4-3-11-6(9)7(4,10)5(2)8/h4-5,8,10H,3H2,1-2H3/t4-,5-,7+/m0/s1. The molecule has 0 aliphatic carbocycles. The Morgan fingerprint density at radius 3 is 2.55 bits per heavy atom. The van der Waals surface area contributed by atoms with Crippen molar-refractivity contribution in [1.82, 2.24) is 0 Å². The summed E-state index contributed by atoms with van der Waals surface area (Å²) in [6.07, 6.45) is -1.08. The highest BCUT2D eigenvalue weighted by Gasteiger charge is 2.52. The highest BCUT2D eigenvalue weighted by atomic mass is 16.6. The van der Waals surface area contributed by atoms with Crippen molar-refractivity contribution in [2.24, 2.45) is 5.92 Å². The van der Waals surface area contributed by atoms with Gasteiger partial charge in [0, 0.05) is 5.92 Å². The van der Waals surface area contributed by atoms with Crippen molar-refractivity contribution in [1.29, 1.82) is 0 Å². The molecule has 0 spiro atoms. The number of esters is 1. The molecule has 0 amide bonds. The predicted octanol–water partition coefficient (Wildman–Crippen LogP) is -0.709. The van der Waals surface area contributed by atoms with Crippen LogP contribution in [-0.4, -0.2) is 34.5 Å². The van der Waals surface area contributed by atoms with Crippen LogP contribution in [-0.2, 0) is 9.53 Å². The van der Waals surface area contributed by atoms with Crippen LogP contribution < -0.4 is 0 Å². The van der Waals surface area contributed by atoms with Gasteiger partial charge in [0.15, 0.2) is 5.60 Å². The van der Waals surface area contributed by atoms with E-state index in [2.05, 4.69) is 4.74 Å². The Labute approximate surface area is 64.8 Å². The number of cyclic esters (lactones) is 1. The maximum absolute atomic E-state index is 10.9. The van der Waals surface area contributed by atoms with E-state index in [1.165, 1.54) is 6.92 Å². The summed E-state index contributed by atoms with van der Waals surface area (Å²) >= 11 is 0. The summed E-state index contributed by atoms with van der Waals surface area (Å²) in [5, 5.41) is 18.7. The molecule has 3 atom stereocenters. The number of carbonyl (C=O) groups is 1. The number of aliphatic hydroxyl groups excluding tert-OH is 1. The molecule has 4 nitrogen and oxygen atoms in total. The van der Waals surface area contributed by atoms with Crippen LogP contribution in [0.1, 0.15) is 13.8 Å². The first-order chi connectivity index (χ1) is 4.99. The quantitative estimate of drug-likeness (QED) is 0.497. The Morgan fingerprint density at radius 2 is 2.36 bits per heavy atom. The topological polar surface area (TPSA) is 66.8 Å². The lowest BCUT2D eigenvalue weighted by Gasteiger charge is -2.25. The Kier molecular flexibility index (Phi) is 1.90. The van der Waals surface area contributed by atoms with Gasteiger partial charge in [-0.15, -0.1) is 0 Å². The van der Waals surface area contributed by atoms with Gasteiger partial charge in [0.25, 0.3) is 0 Å². The van der Waals surface area contributed by atoms with E-state index in [-0.39, 0.29) is 12.5 Å². The minimum Gasteiger partial charge on any atom is -0.463 e. The van der Waals surface area contributed by atoms with Gasteiger partial charge in [-0.05, 0) is 6.92 Å². The van der Waals surface area contributed by atoms with E-state index in [0.717, 1.165) is 0 Å². The number of aliphatic hydroxyl groups is 2. The largest absolute Gasteiger partial charge is 0.463 e. The Morgan fingerprint density at radius 1 is 1.82 bits per heavy atom. The van der Waals surface area contributed by atoms with E-state index < -0.39 is 17.7 Å². The zero-order chi connectivity index (χ0) is 8.65. The van der Waals surface area contributed by atoms with Crippen LogP contribution in [0.15, 0.2) is 0 Å². The zero-order valence-corrected chi connectivity index (χ0v) is 6.57. The minimum atomic E-state index is -1.69. The summed E-state index contributed by atoms with van der Waals surface area (Å²) < 4.78 is 4.59. The van der Waals surface area contributed by atoms with Crippen molar-refractivity contribution in [2.45, 2.75) is 25.6 Å². The van der Waals surface area contributed by atoms with Gasteiger partial charge in [0.2, 0.25) is 0 Å². The van der Waals surface area contributed by atoms with Crippen molar-refractivity contribution in [2.75, 3.05) is 6.61 Å². The van der Waals surface area contributed by atoms with E-state index in [4.69, 9.17) is 5.11 Å². The van der Waals surface area contributed by atoms with E-state index in [9.17, 15) is 9.90 Å². The second-order valence-corrected chi connectivity index (χ2v) is 3.00. The summed E-state index contributed by atoms with van der Waals surface area (Å²) in [5.41, 5.74) is -1.69. The molecule has 1 aliphatic rings. The lowest BCUT2D eigenvalue weighted by atomic mass is 9.87. The highest BCUT2D eigenvalue weighted by molar-refractivity contribution is 5.82. The van der Waals surface area contributed by atoms with Gasteiger partial charge >= 0.3 is 5.97 Å². The summed E-state index contributed by atoms with van der Waals surface area (Å²) in [6.45, 7) is 3.22. The van der Waals surface area contributed by atoms with Crippen LogP contribution >= 0.6 is 0 Å². The fourth-order valence-electron chi connectivity index (χ4n) is 1.23. The minimum absolute atomic E-state index is 0.181. The fraction of sp³-hybridized carbons (Fsp3) is 0.857. The van der Waals surface area contributed by atoms with Gasteiger partial charge in [-0.2, -0.15) is 0 Å². The van der Waals surface area contributed by atoms with E-state index in [1.54, 1.807) is 6.92 Å². The Hall–Kier alpha value is -0.610. The van der Waals surface area contributed by atoms with Gasteiger partial charge in [-0.25, -0.2) is 4.79 Å². The summed E-state index contributed by atoms with van der Waals surface area (Å²) in [7, 11) is 0. The number of carbonyl (C=O) groups excluding carboxylic acids is 1. The number of rotatable bonds is 1. The third-order valence-corrected chi connectivity index (χ3v) is 2.18. The fourth-order valence-corrected chi connectivity index (χ4v) is 1.23. The van der Waals surface area contributed by atoms with Crippen molar-refractivity contribution in [3.05, 3.63) is 0 Å². The average Bonchev–Trinajstić information content (AvgIpc) is 2.18. The van der Waals surface area contributed by atoms with Crippen LogP contribution in [0.25, 0.3) is 0 Å². The molecule has 2 N–H and O–H groups in total. The molecule has 0 aromatic heterocycles. The molecule has 0 aromatic carbocycles. The van der Waals surface area contributed by atoms with E-state index in [1.807, 2.05) is 0 Å². The van der Waals surface area contributed by atoms with Crippen LogP contribution in [0.2, 0.25) is 0 Å². The van der Waals surface area contributed by atoms with Crippen LogP contribution in [0.5, 0.6) is 0 Å². The smallest absolute Gasteiger partial charge is 0.341 e. The predicted molar refractivity (Wildman–Crippen MR) is 36.8 cm³/mol. The molecule has 0 saturated carbocycles. The summed E-state index contributed by atoms with van der Waals surface area (Å²) in [6, 6.07) is 0. The molecule has 64 valence electrons. The number of hydrogen-bond donors (Lipinski definition) is 2. The third kappa shape index (κ3) is 1.02. The van der Waals surface area contributed by atoms with Gasteiger partial charge < -0.3 is 14.9 Å². The molecule has 11 heavy (non-hydrogen) atoms. The first-order valence-corrected chi connectivity index (χ1v) is 3.57. The summed E-state index contributed by atoms with van der Waals surface area (Å²) in [5.74, 6) is -1.06. The van der Waals surface area contributed by atoms with Crippen LogP contribution in [0.3, 0.4) is 0 Å². The van der Waals surface area contributed by atoms with Crippen molar-refractivity contribution < 1.29 is 19.7 Å². The molecule has 1 heterocycles. The monoisotopic (exact) mass is 160 g/mol. The molecule has 1 aliphatic heterocycles. The zero-order valence-electron chi connectivity index (χ0n) is 6.57. The molecule has 0 radical (unpaired) electrons. The second kappa shape index (κ2) is 2.46. The average molecular weight is 160 g/mol. The first kappa shape index (κ1) is 8.49. The van der Waals surface area contributed by atoms with Crippen LogP contribution in [0, 0.1) is 5.92 Å². The number of ether oxygens (including phenoxy) is 1. The van der Waals surface area contributed by atoms with Gasteiger partial charge in [0.05, 0.1) is 12.7 Å². The second-order valence-electron chi connectivity index (χ2n) is 3.00. The van der Waals surface area contributed by atoms with Gasteiger partial charge in [0.1, 0.15) is 0 Å².